The maximum absolute atomic E-state index is 12.5. The monoisotopic (exact) mass is 419 g/mol. The lowest BCUT2D eigenvalue weighted by Crippen LogP contribution is -2.65. The highest BCUT2D eigenvalue weighted by atomic mass is 16.5. The van der Waals surface area contributed by atoms with Gasteiger partial charge in [-0.2, -0.15) is 0 Å². The van der Waals surface area contributed by atoms with Gasteiger partial charge in [-0.25, -0.2) is 4.79 Å². The highest BCUT2D eigenvalue weighted by Gasteiger charge is 2.50. The largest absolute Gasteiger partial charge is 0.491 e. The smallest absolute Gasteiger partial charge is 0.325 e. The van der Waals surface area contributed by atoms with Crippen LogP contribution in [0.5, 0.6) is 5.75 Å². The molecule has 10 heteroatoms. The molecule has 2 aliphatic heterocycles. The van der Waals surface area contributed by atoms with Crippen LogP contribution < -0.4 is 15.4 Å². The number of aliphatic hydroxyl groups excluding tert-OH is 1. The number of β-amino-alcohol motifs (C(OH)–C–C–N with tert-alkyl or cyclic N) is 1. The number of aliphatic hydroxyl groups is 1. The van der Waals surface area contributed by atoms with Gasteiger partial charge in [0.05, 0.1) is 6.54 Å². The zero-order chi connectivity index (χ0) is 21.7. The predicted octanol–water partition coefficient (Wildman–Crippen LogP) is -0.0913. The van der Waals surface area contributed by atoms with E-state index in [-0.39, 0.29) is 13.2 Å². The maximum Gasteiger partial charge on any atom is 0.325 e. The van der Waals surface area contributed by atoms with Crippen LogP contribution in [0.25, 0.3) is 0 Å². The molecule has 2 heterocycles. The van der Waals surface area contributed by atoms with E-state index in [9.17, 15) is 14.7 Å². The molecule has 0 saturated carbocycles. The second-order valence-corrected chi connectivity index (χ2v) is 7.37. The number of nitrogens with one attached hydrogen (secondary N) is 2. The molecule has 3 N–H and O–H groups in total. The summed E-state index contributed by atoms with van der Waals surface area (Å²) in [5.41, 5.74) is 0.972. The number of hydrogen-bond donors (Lipinski definition) is 3. The van der Waals surface area contributed by atoms with E-state index < -0.39 is 30.2 Å². The second kappa shape index (κ2) is 9.77. The molecule has 3 atom stereocenters. The number of benzene rings is 1. The molecule has 1 aromatic rings. The van der Waals surface area contributed by atoms with Gasteiger partial charge in [0.25, 0.3) is 5.91 Å². The maximum atomic E-state index is 12.5. The summed E-state index contributed by atoms with van der Waals surface area (Å²) in [5.74, 6) is 0.737. The van der Waals surface area contributed by atoms with Crippen LogP contribution in [0.1, 0.15) is 12.0 Å². The Balaban J connectivity index is 1.71. The minimum Gasteiger partial charge on any atom is -0.491 e. The van der Waals surface area contributed by atoms with Gasteiger partial charge in [-0.1, -0.05) is 18.2 Å². The number of nitrogens with zero attached hydrogens (tertiary/aromatic N) is 3. The number of amides is 3. The summed E-state index contributed by atoms with van der Waals surface area (Å²) in [5, 5.41) is 16.1. The number of fused-ring (bicyclic) bond motifs is 1. The van der Waals surface area contributed by atoms with Gasteiger partial charge in [-0.15, -0.1) is 0 Å². The van der Waals surface area contributed by atoms with Crippen LogP contribution in [0.3, 0.4) is 0 Å². The van der Waals surface area contributed by atoms with E-state index in [1.807, 2.05) is 31.2 Å². The van der Waals surface area contributed by atoms with Crippen LogP contribution in [0.4, 0.5) is 4.79 Å². The Morgan fingerprint density at radius 3 is 2.80 bits per heavy atom. The Morgan fingerprint density at radius 1 is 1.30 bits per heavy atom. The topological polar surface area (TPSA) is 116 Å². The molecule has 2 aliphatic rings. The minimum absolute atomic E-state index is 0.0616. The van der Waals surface area contributed by atoms with Crippen molar-refractivity contribution in [2.45, 2.75) is 31.7 Å². The number of carbonyl (C=O) groups is 2. The van der Waals surface area contributed by atoms with Crippen molar-refractivity contribution in [3.05, 3.63) is 29.8 Å². The Bertz CT molecular complexity index is 802. The Labute approximate surface area is 175 Å². The van der Waals surface area contributed by atoms with Crippen LogP contribution in [0.2, 0.25) is 0 Å². The number of methoxy groups -OCH3 is 1. The normalized spacial score (nSPS) is 23.3. The molecule has 3 amide bonds. The summed E-state index contributed by atoms with van der Waals surface area (Å²) >= 11 is 0. The number of rotatable bonds is 9. The average Bonchev–Trinajstić information content (AvgIpc) is 3.07. The predicted molar refractivity (Wildman–Crippen MR) is 110 cm³/mol. The van der Waals surface area contributed by atoms with Gasteiger partial charge in [0.2, 0.25) is 0 Å². The van der Waals surface area contributed by atoms with E-state index in [1.165, 1.54) is 4.90 Å². The first-order valence-corrected chi connectivity index (χ1v) is 9.93. The Morgan fingerprint density at radius 2 is 2.07 bits per heavy atom. The number of guanidine groups is 1. The third kappa shape index (κ3) is 4.82. The van der Waals surface area contributed by atoms with Crippen molar-refractivity contribution >= 4 is 17.9 Å². The fourth-order valence-corrected chi connectivity index (χ4v) is 3.50. The van der Waals surface area contributed by atoms with Crippen molar-refractivity contribution in [3.63, 3.8) is 0 Å². The fourth-order valence-electron chi connectivity index (χ4n) is 3.50. The summed E-state index contributed by atoms with van der Waals surface area (Å²) in [4.78, 5) is 32.2. The van der Waals surface area contributed by atoms with Crippen LogP contribution in [0, 0.1) is 6.92 Å². The van der Waals surface area contributed by atoms with E-state index >= 15 is 0 Å². The standard InChI is InChI=1S/C20H29N5O5/c1-13-7-4-5-8-15(13)30-12-14(26)11-25-16-17(24(2)20(28)23-18(16)27)22-19(25)21-9-6-10-29-3/h4-5,7-8,14,16-17,26H,6,9-12H2,1-3H3,(H,21,22)(H,23,27,28). The van der Waals surface area contributed by atoms with Crippen LogP contribution in [-0.4, -0.2) is 91.6 Å². The molecule has 3 rings (SSSR count). The van der Waals surface area contributed by atoms with Gasteiger partial charge < -0.3 is 29.7 Å². The number of urea groups is 1. The number of para-hydroxylation sites is 1. The lowest BCUT2D eigenvalue weighted by atomic mass is 10.1. The number of carbonyl (C=O) groups excluding carboxylic acids is 2. The number of ether oxygens (including phenoxy) is 2. The van der Waals surface area contributed by atoms with E-state index in [1.54, 1.807) is 19.1 Å². The third-order valence-corrected chi connectivity index (χ3v) is 5.12. The van der Waals surface area contributed by atoms with E-state index in [2.05, 4.69) is 15.6 Å². The van der Waals surface area contributed by atoms with Crippen molar-refractivity contribution in [3.8, 4) is 5.75 Å². The molecule has 10 nitrogen and oxygen atoms in total. The van der Waals surface area contributed by atoms with Crippen molar-refractivity contribution < 1.29 is 24.2 Å². The quantitative estimate of drug-likeness (QED) is 0.479. The number of aliphatic imine (C=N–C) groups is 1. The van der Waals surface area contributed by atoms with Crippen LogP contribution in [0.15, 0.2) is 29.3 Å². The average molecular weight is 419 g/mol. The highest BCUT2D eigenvalue weighted by Crippen LogP contribution is 2.21. The molecule has 3 unspecified atom stereocenters. The molecule has 2 saturated heterocycles. The first-order valence-electron chi connectivity index (χ1n) is 9.93. The third-order valence-electron chi connectivity index (χ3n) is 5.12. The van der Waals surface area contributed by atoms with Crippen LogP contribution >= 0.6 is 0 Å². The second-order valence-electron chi connectivity index (χ2n) is 7.37. The number of aryl methyl sites for hydroxylation is 1. The summed E-state index contributed by atoms with van der Waals surface area (Å²) in [6, 6.07) is 6.39. The molecule has 0 radical (unpaired) electrons. The van der Waals surface area contributed by atoms with Gasteiger partial charge in [0.15, 0.2) is 12.0 Å². The van der Waals surface area contributed by atoms with Crippen LogP contribution in [-0.2, 0) is 9.53 Å². The van der Waals surface area contributed by atoms with Crippen molar-refractivity contribution in [2.24, 2.45) is 4.99 Å². The van der Waals surface area contributed by atoms with Gasteiger partial charge in [0.1, 0.15) is 24.6 Å². The summed E-state index contributed by atoms with van der Waals surface area (Å²) in [6.45, 7) is 3.17. The lowest BCUT2D eigenvalue weighted by Gasteiger charge is -2.35. The summed E-state index contributed by atoms with van der Waals surface area (Å²) < 4.78 is 10.8. The molecule has 164 valence electrons. The molecule has 1 aromatic carbocycles. The van der Waals surface area contributed by atoms with E-state index in [4.69, 9.17) is 9.47 Å². The Hall–Kier alpha value is -2.85. The summed E-state index contributed by atoms with van der Waals surface area (Å²) in [6.07, 6.45) is -0.716. The number of imide groups is 1. The van der Waals surface area contributed by atoms with Gasteiger partial charge in [-0.05, 0) is 25.0 Å². The number of hydrogen-bond acceptors (Lipinski definition) is 6. The SMILES string of the molecule is COCCCN=C1NC2C(C(=O)NC(=O)N2C)N1CC(O)COc1ccccc1C. The van der Waals surface area contributed by atoms with Crippen molar-refractivity contribution in [1.29, 1.82) is 0 Å². The molecule has 0 spiro atoms. The van der Waals surface area contributed by atoms with Gasteiger partial charge in [0, 0.05) is 27.3 Å². The zero-order valence-electron chi connectivity index (χ0n) is 17.5. The molecule has 0 bridgehead atoms. The molecule has 0 aromatic heterocycles. The van der Waals surface area contributed by atoms with Crippen molar-refractivity contribution in [1.82, 2.24) is 20.4 Å². The Kier molecular flexibility index (Phi) is 7.11. The lowest BCUT2D eigenvalue weighted by molar-refractivity contribution is -0.127. The first-order chi connectivity index (χ1) is 14.4. The molecule has 0 aliphatic carbocycles. The summed E-state index contributed by atoms with van der Waals surface area (Å²) in [7, 11) is 3.23. The molecule has 30 heavy (non-hydrogen) atoms. The number of likely N-dealkylation sites (N-methyl/N-ethyl adjacent to an activating group) is 1. The van der Waals surface area contributed by atoms with Gasteiger partial charge >= 0.3 is 6.03 Å². The van der Waals surface area contributed by atoms with E-state index in [0.717, 1.165) is 5.56 Å². The highest BCUT2D eigenvalue weighted by molar-refractivity contribution is 6.04. The molecular weight excluding hydrogens is 390 g/mol. The minimum atomic E-state index is -0.870. The van der Waals surface area contributed by atoms with E-state index in [0.29, 0.717) is 31.3 Å². The van der Waals surface area contributed by atoms with Crippen molar-refractivity contribution in [2.75, 3.05) is 40.5 Å². The fraction of sp³-hybridized carbons (Fsp3) is 0.550. The first kappa shape index (κ1) is 21.8. The molecule has 2 fully saturated rings. The van der Waals surface area contributed by atoms with Gasteiger partial charge in [-0.3, -0.25) is 15.1 Å². The molecular formula is C20H29N5O5. The zero-order valence-corrected chi connectivity index (χ0v) is 17.5.